The average Bonchev–Trinajstić information content (AvgIpc) is 2.91. The summed E-state index contributed by atoms with van der Waals surface area (Å²) in [5.41, 5.74) is 1.82. The number of thiophene rings is 1. The summed E-state index contributed by atoms with van der Waals surface area (Å²) in [6, 6.07) is 8.94. The fourth-order valence-electron chi connectivity index (χ4n) is 1.76. The van der Waals surface area contributed by atoms with Crippen LogP contribution < -0.4 is 0 Å². The van der Waals surface area contributed by atoms with Crippen LogP contribution in [0.1, 0.15) is 16.2 Å². The van der Waals surface area contributed by atoms with Crippen molar-refractivity contribution in [3.05, 3.63) is 50.5 Å². The van der Waals surface area contributed by atoms with E-state index < -0.39 is 0 Å². The van der Waals surface area contributed by atoms with E-state index >= 15 is 0 Å². The molecule has 0 spiro atoms. The molecule has 0 saturated carbocycles. The van der Waals surface area contributed by atoms with Gasteiger partial charge in [0.2, 0.25) is 5.89 Å². The van der Waals surface area contributed by atoms with Gasteiger partial charge >= 0.3 is 0 Å². The van der Waals surface area contributed by atoms with Gasteiger partial charge in [0.1, 0.15) is 9.85 Å². The molecule has 0 atom stereocenters. The number of hydrogen-bond acceptors (Lipinski definition) is 4. The summed E-state index contributed by atoms with van der Waals surface area (Å²) in [6.07, 6.45) is 0.0709. The first kappa shape index (κ1) is 12.7. The van der Waals surface area contributed by atoms with Crippen molar-refractivity contribution in [3.63, 3.8) is 0 Å². The third-order valence-corrected chi connectivity index (χ3v) is 4.09. The number of benzene rings is 1. The normalized spacial score (nSPS) is 11.1. The fourth-order valence-corrected chi connectivity index (χ4v) is 3.26. The Bertz CT molecular complexity index is 730. The molecule has 0 aliphatic heterocycles. The molecule has 0 N–H and O–H groups in total. The number of rotatable bonds is 3. The van der Waals surface area contributed by atoms with Crippen molar-refractivity contribution >= 4 is 51.4 Å². The molecule has 0 amide bonds. The second-order valence-corrected chi connectivity index (χ2v) is 6.20. The number of aromatic nitrogens is 1. The molecule has 0 bridgehead atoms. The molecule has 0 fully saturated rings. The summed E-state index contributed by atoms with van der Waals surface area (Å²) in [7, 11) is 0. The van der Waals surface area contributed by atoms with Crippen molar-refractivity contribution in [1.82, 2.24) is 4.98 Å². The summed E-state index contributed by atoms with van der Waals surface area (Å²) in [5.74, 6) is 0.226. The fraction of sp³-hybridized carbons (Fsp3) is 0.0769. The van der Waals surface area contributed by atoms with E-state index in [9.17, 15) is 4.79 Å². The van der Waals surface area contributed by atoms with Crippen LogP contribution in [0.5, 0.6) is 0 Å². The molecule has 1 aromatic carbocycles. The molecule has 0 aliphatic rings. The van der Waals surface area contributed by atoms with Crippen LogP contribution in [0.3, 0.4) is 0 Å². The number of para-hydroxylation sites is 2. The lowest BCUT2D eigenvalue weighted by molar-refractivity contribution is 0.0986. The Kier molecular flexibility index (Phi) is 3.31. The van der Waals surface area contributed by atoms with Gasteiger partial charge in [-0.2, -0.15) is 0 Å². The predicted molar refractivity (Wildman–Crippen MR) is 76.4 cm³/mol. The van der Waals surface area contributed by atoms with Gasteiger partial charge in [-0.15, -0.1) is 11.3 Å². The standard InChI is InChI=1S/C13H7Cl2NO2S/c14-11-5-7(13(15)19-11)9(17)6-12-16-8-3-1-2-4-10(8)18-12/h1-5H,6H2. The van der Waals surface area contributed by atoms with E-state index in [-0.39, 0.29) is 12.2 Å². The van der Waals surface area contributed by atoms with Gasteiger partial charge in [-0.3, -0.25) is 4.79 Å². The van der Waals surface area contributed by atoms with E-state index in [1.807, 2.05) is 24.3 Å². The largest absolute Gasteiger partial charge is 0.440 e. The van der Waals surface area contributed by atoms with Crippen LogP contribution in [0.2, 0.25) is 8.67 Å². The number of carbonyl (C=O) groups is 1. The van der Waals surface area contributed by atoms with Gasteiger partial charge in [0.15, 0.2) is 11.4 Å². The first-order valence-corrected chi connectivity index (χ1v) is 7.03. The molecule has 19 heavy (non-hydrogen) atoms. The van der Waals surface area contributed by atoms with Crippen molar-refractivity contribution in [2.75, 3.05) is 0 Å². The topological polar surface area (TPSA) is 43.1 Å². The van der Waals surface area contributed by atoms with Gasteiger partial charge in [0.25, 0.3) is 0 Å². The Balaban J connectivity index is 1.88. The first-order chi connectivity index (χ1) is 9.13. The average molecular weight is 312 g/mol. The SMILES string of the molecule is O=C(Cc1nc2ccccc2o1)c1cc(Cl)sc1Cl. The van der Waals surface area contributed by atoms with Gasteiger partial charge in [0.05, 0.1) is 10.8 Å². The minimum absolute atomic E-state index is 0.0709. The predicted octanol–water partition coefficient (Wildman–Crippen LogP) is 4.62. The van der Waals surface area contributed by atoms with Crippen LogP contribution >= 0.6 is 34.5 Å². The molecule has 0 unspecified atom stereocenters. The molecule has 2 aromatic heterocycles. The second-order valence-electron chi connectivity index (χ2n) is 3.91. The Hall–Kier alpha value is -1.36. The van der Waals surface area contributed by atoms with E-state index in [0.717, 1.165) is 5.52 Å². The molecule has 3 rings (SSSR count). The van der Waals surface area contributed by atoms with Gasteiger partial charge in [-0.25, -0.2) is 4.98 Å². The maximum absolute atomic E-state index is 12.1. The van der Waals surface area contributed by atoms with Crippen molar-refractivity contribution in [1.29, 1.82) is 0 Å². The number of Topliss-reactive ketones (excluding diaryl/α,β-unsaturated/α-hetero) is 1. The summed E-state index contributed by atoms with van der Waals surface area (Å²) < 4.78 is 6.39. The zero-order valence-electron chi connectivity index (χ0n) is 9.52. The highest BCUT2D eigenvalue weighted by Gasteiger charge is 2.17. The van der Waals surface area contributed by atoms with Crippen molar-refractivity contribution in [3.8, 4) is 0 Å². The minimum atomic E-state index is -0.153. The van der Waals surface area contributed by atoms with Crippen LogP contribution in [0.15, 0.2) is 34.7 Å². The number of halogens is 2. The lowest BCUT2D eigenvalue weighted by atomic mass is 10.2. The zero-order chi connectivity index (χ0) is 13.4. The first-order valence-electron chi connectivity index (χ1n) is 5.46. The van der Waals surface area contributed by atoms with Crippen molar-refractivity contribution in [2.45, 2.75) is 6.42 Å². The van der Waals surface area contributed by atoms with E-state index in [1.54, 1.807) is 6.07 Å². The van der Waals surface area contributed by atoms with E-state index in [0.29, 0.717) is 25.7 Å². The van der Waals surface area contributed by atoms with Crippen molar-refractivity contribution in [2.24, 2.45) is 0 Å². The maximum Gasteiger partial charge on any atom is 0.203 e. The summed E-state index contributed by atoms with van der Waals surface area (Å²) in [5, 5.41) is 0. The highest BCUT2D eigenvalue weighted by Crippen LogP contribution is 2.32. The van der Waals surface area contributed by atoms with Gasteiger partial charge in [-0.05, 0) is 18.2 Å². The highest BCUT2D eigenvalue weighted by atomic mass is 35.5. The van der Waals surface area contributed by atoms with Crippen molar-refractivity contribution < 1.29 is 9.21 Å². The minimum Gasteiger partial charge on any atom is -0.440 e. The van der Waals surface area contributed by atoms with E-state index in [1.165, 1.54) is 11.3 Å². The van der Waals surface area contributed by atoms with Crippen LogP contribution in [0, 0.1) is 0 Å². The monoisotopic (exact) mass is 311 g/mol. The van der Waals surface area contributed by atoms with Gasteiger partial charge < -0.3 is 4.42 Å². The van der Waals surface area contributed by atoms with Gasteiger partial charge in [0, 0.05) is 5.56 Å². The molecular formula is C13H7Cl2NO2S. The third kappa shape index (κ3) is 2.52. The number of ketones is 1. The molecule has 96 valence electrons. The van der Waals surface area contributed by atoms with Crippen LogP contribution in [0.4, 0.5) is 0 Å². The number of fused-ring (bicyclic) bond motifs is 1. The highest BCUT2D eigenvalue weighted by molar-refractivity contribution is 7.20. The second kappa shape index (κ2) is 4.96. The molecule has 3 nitrogen and oxygen atoms in total. The molecule has 3 aromatic rings. The summed E-state index contributed by atoms with van der Waals surface area (Å²) in [4.78, 5) is 16.3. The van der Waals surface area contributed by atoms with Gasteiger partial charge in [-0.1, -0.05) is 35.3 Å². The lowest BCUT2D eigenvalue weighted by Gasteiger charge is -1.94. The smallest absolute Gasteiger partial charge is 0.203 e. The Morgan fingerprint density at radius 3 is 2.79 bits per heavy atom. The maximum atomic E-state index is 12.1. The van der Waals surface area contributed by atoms with Crippen LogP contribution in [0.25, 0.3) is 11.1 Å². The number of carbonyl (C=O) groups excluding carboxylic acids is 1. The summed E-state index contributed by atoms with van der Waals surface area (Å²) >= 11 is 12.9. The molecular weight excluding hydrogens is 305 g/mol. The number of nitrogens with zero attached hydrogens (tertiary/aromatic N) is 1. The lowest BCUT2D eigenvalue weighted by Crippen LogP contribution is -2.02. The Labute approximate surface area is 122 Å². The molecule has 0 saturated heterocycles. The Morgan fingerprint density at radius 2 is 2.11 bits per heavy atom. The summed E-state index contributed by atoms with van der Waals surface area (Å²) in [6.45, 7) is 0. The van der Waals surface area contributed by atoms with Crippen LogP contribution in [-0.2, 0) is 6.42 Å². The zero-order valence-corrected chi connectivity index (χ0v) is 11.9. The Morgan fingerprint density at radius 1 is 1.32 bits per heavy atom. The quantitative estimate of drug-likeness (QED) is 0.663. The number of hydrogen-bond donors (Lipinski definition) is 0. The third-order valence-electron chi connectivity index (χ3n) is 2.61. The van der Waals surface area contributed by atoms with E-state index in [2.05, 4.69) is 4.98 Å². The van der Waals surface area contributed by atoms with E-state index in [4.69, 9.17) is 27.6 Å². The molecule has 2 heterocycles. The molecule has 0 aliphatic carbocycles. The molecule has 6 heteroatoms. The number of oxazole rings is 1. The van der Waals surface area contributed by atoms with Crippen LogP contribution in [-0.4, -0.2) is 10.8 Å². The molecule has 0 radical (unpaired) electrons.